The van der Waals surface area contributed by atoms with E-state index >= 15 is 0 Å². The van der Waals surface area contributed by atoms with E-state index < -0.39 is 0 Å². The van der Waals surface area contributed by atoms with Crippen molar-refractivity contribution in [3.8, 4) is 16.8 Å². The Morgan fingerprint density at radius 2 is 1.12 bits per heavy atom. The van der Waals surface area contributed by atoms with Crippen LogP contribution in [0.15, 0.2) is 150 Å². The number of para-hydroxylation sites is 2. The van der Waals surface area contributed by atoms with E-state index in [4.69, 9.17) is 4.42 Å². The van der Waals surface area contributed by atoms with E-state index in [2.05, 4.69) is 183 Å². The molecular formula is C47H36N2O. The summed E-state index contributed by atoms with van der Waals surface area (Å²) in [5.41, 5.74) is 16.3. The Balaban J connectivity index is 1.13. The highest BCUT2D eigenvalue weighted by Gasteiger charge is 2.37. The van der Waals surface area contributed by atoms with Crippen LogP contribution in [0, 0.1) is 13.8 Å². The van der Waals surface area contributed by atoms with Gasteiger partial charge < -0.3 is 13.9 Å². The molecule has 7 aromatic carbocycles. The molecule has 0 unspecified atom stereocenters. The van der Waals surface area contributed by atoms with Gasteiger partial charge in [0.1, 0.15) is 11.2 Å². The van der Waals surface area contributed by atoms with E-state index in [1.807, 2.05) is 0 Å². The molecule has 0 spiro atoms. The van der Waals surface area contributed by atoms with E-state index in [0.717, 1.165) is 28.2 Å². The van der Waals surface area contributed by atoms with Crippen molar-refractivity contribution >= 4 is 60.8 Å². The molecule has 0 saturated heterocycles. The first-order valence-corrected chi connectivity index (χ1v) is 17.4. The highest BCUT2D eigenvalue weighted by atomic mass is 16.3. The predicted molar refractivity (Wildman–Crippen MR) is 210 cm³/mol. The Kier molecular flexibility index (Phi) is 6.05. The summed E-state index contributed by atoms with van der Waals surface area (Å²) in [4.78, 5) is 2.33. The van der Waals surface area contributed by atoms with Crippen LogP contribution in [0.25, 0.3) is 60.6 Å². The van der Waals surface area contributed by atoms with Gasteiger partial charge in [0.05, 0.1) is 22.1 Å². The van der Waals surface area contributed by atoms with Crippen LogP contribution in [-0.2, 0) is 5.41 Å². The number of hydrogen-bond acceptors (Lipinski definition) is 2. The number of nitrogens with zero attached hydrogens (tertiary/aromatic N) is 2. The lowest BCUT2D eigenvalue weighted by molar-refractivity contribution is 0.630. The molecule has 2 aromatic heterocycles. The Bertz CT molecular complexity index is 2730. The van der Waals surface area contributed by atoms with Crippen molar-refractivity contribution in [2.45, 2.75) is 33.1 Å². The van der Waals surface area contributed by atoms with Gasteiger partial charge in [-0.25, -0.2) is 0 Å². The molecule has 0 saturated carbocycles. The van der Waals surface area contributed by atoms with Crippen LogP contribution >= 0.6 is 0 Å². The molecule has 0 radical (unpaired) electrons. The number of aromatic nitrogens is 1. The van der Waals surface area contributed by atoms with Crippen LogP contribution in [0.4, 0.5) is 17.1 Å². The van der Waals surface area contributed by atoms with Gasteiger partial charge in [-0.15, -0.1) is 0 Å². The molecule has 240 valence electrons. The van der Waals surface area contributed by atoms with Gasteiger partial charge >= 0.3 is 0 Å². The minimum absolute atomic E-state index is 0.242. The fourth-order valence-corrected chi connectivity index (χ4v) is 8.25. The molecule has 0 bridgehead atoms. The summed E-state index contributed by atoms with van der Waals surface area (Å²) >= 11 is 0. The molecule has 0 aliphatic carbocycles. The lowest BCUT2D eigenvalue weighted by atomic mass is 9.73. The summed E-state index contributed by atoms with van der Waals surface area (Å²) in [7, 11) is 0. The lowest BCUT2D eigenvalue weighted by Crippen LogP contribution is -2.26. The third-order valence-electron chi connectivity index (χ3n) is 10.9. The van der Waals surface area contributed by atoms with E-state index in [1.54, 1.807) is 0 Å². The molecule has 0 amide bonds. The zero-order chi connectivity index (χ0) is 33.7. The standard InChI is InChI=1S/C47H36N2O/c1-29-13-20-33(21-14-29)48(34-22-15-30(2)16-23-34)35-24-17-31(18-25-35)32-19-26-42-39(27-32)47(3,4)40-28-38-36-9-6-8-12-43(36)50-46(38)44-37-10-5-7-11-41(37)49(42)45(40)44/h5-28H,1-4H3. The maximum atomic E-state index is 6.62. The largest absolute Gasteiger partial charge is 0.455 e. The third-order valence-corrected chi connectivity index (χ3v) is 10.9. The van der Waals surface area contributed by atoms with E-state index in [1.165, 1.54) is 71.6 Å². The first-order valence-electron chi connectivity index (χ1n) is 17.4. The average Bonchev–Trinajstić information content (AvgIpc) is 3.69. The molecule has 0 atom stereocenters. The number of hydrogen-bond donors (Lipinski definition) is 0. The molecule has 1 aliphatic rings. The number of fused-ring (bicyclic) bond motifs is 9. The van der Waals surface area contributed by atoms with E-state index in [-0.39, 0.29) is 5.41 Å². The minimum atomic E-state index is -0.242. The quantitative estimate of drug-likeness (QED) is 0.190. The molecule has 3 heteroatoms. The first-order chi connectivity index (χ1) is 24.4. The number of benzene rings is 7. The molecule has 1 aliphatic heterocycles. The summed E-state index contributed by atoms with van der Waals surface area (Å²) in [6, 6.07) is 53.2. The monoisotopic (exact) mass is 644 g/mol. The zero-order valence-electron chi connectivity index (χ0n) is 28.7. The maximum absolute atomic E-state index is 6.62. The molecular weight excluding hydrogens is 609 g/mol. The molecule has 9 aromatic rings. The Morgan fingerprint density at radius 3 is 1.80 bits per heavy atom. The second-order valence-corrected chi connectivity index (χ2v) is 14.4. The molecule has 0 fully saturated rings. The summed E-state index contributed by atoms with van der Waals surface area (Å²) in [5, 5.41) is 4.78. The highest BCUT2D eigenvalue weighted by Crippen LogP contribution is 2.51. The van der Waals surface area contributed by atoms with Crippen LogP contribution in [0.3, 0.4) is 0 Å². The van der Waals surface area contributed by atoms with Gasteiger partial charge in [0, 0.05) is 38.6 Å². The van der Waals surface area contributed by atoms with Crippen molar-refractivity contribution in [3.63, 3.8) is 0 Å². The van der Waals surface area contributed by atoms with E-state index in [9.17, 15) is 0 Å². The molecule has 3 nitrogen and oxygen atoms in total. The number of anilines is 3. The number of rotatable bonds is 4. The predicted octanol–water partition coefficient (Wildman–Crippen LogP) is 13.1. The van der Waals surface area contributed by atoms with Gasteiger partial charge in [0.2, 0.25) is 0 Å². The van der Waals surface area contributed by atoms with Gasteiger partial charge in [-0.3, -0.25) is 0 Å². The van der Waals surface area contributed by atoms with Gasteiger partial charge in [0.15, 0.2) is 0 Å². The van der Waals surface area contributed by atoms with Gasteiger partial charge in [-0.1, -0.05) is 104 Å². The summed E-state index contributed by atoms with van der Waals surface area (Å²) in [6.45, 7) is 9.02. The van der Waals surface area contributed by atoms with Crippen molar-refractivity contribution in [1.82, 2.24) is 4.57 Å². The maximum Gasteiger partial charge on any atom is 0.145 e. The van der Waals surface area contributed by atoms with Crippen molar-refractivity contribution < 1.29 is 4.42 Å². The molecule has 0 N–H and O–H groups in total. The Hall–Kier alpha value is -6.06. The van der Waals surface area contributed by atoms with Crippen LogP contribution in [-0.4, -0.2) is 4.57 Å². The topological polar surface area (TPSA) is 21.3 Å². The fourth-order valence-electron chi connectivity index (χ4n) is 8.25. The van der Waals surface area contributed by atoms with Crippen molar-refractivity contribution in [2.75, 3.05) is 4.90 Å². The van der Waals surface area contributed by atoms with E-state index in [0.29, 0.717) is 0 Å². The zero-order valence-corrected chi connectivity index (χ0v) is 28.7. The van der Waals surface area contributed by atoms with Crippen molar-refractivity contribution in [3.05, 3.63) is 168 Å². The van der Waals surface area contributed by atoms with Gasteiger partial charge in [-0.2, -0.15) is 0 Å². The number of furan rings is 1. The molecule has 3 heterocycles. The second-order valence-electron chi connectivity index (χ2n) is 14.4. The molecule has 50 heavy (non-hydrogen) atoms. The summed E-state index contributed by atoms with van der Waals surface area (Å²) < 4.78 is 9.09. The second kappa shape index (κ2) is 10.5. The number of aryl methyl sites for hydroxylation is 2. The molecule has 10 rings (SSSR count). The normalized spacial score (nSPS) is 13.4. The summed E-state index contributed by atoms with van der Waals surface area (Å²) in [5.74, 6) is 0. The van der Waals surface area contributed by atoms with Crippen molar-refractivity contribution in [1.29, 1.82) is 0 Å². The van der Waals surface area contributed by atoms with Crippen molar-refractivity contribution in [2.24, 2.45) is 0 Å². The third kappa shape index (κ3) is 4.10. The van der Waals surface area contributed by atoms with Gasteiger partial charge in [-0.05, 0) is 103 Å². The van der Waals surface area contributed by atoms with Gasteiger partial charge in [0.25, 0.3) is 0 Å². The fraction of sp³-hybridized carbons (Fsp3) is 0.106. The smallest absolute Gasteiger partial charge is 0.145 e. The first kappa shape index (κ1) is 28.9. The van der Waals surface area contributed by atoms with Crippen LogP contribution in [0.1, 0.15) is 36.1 Å². The average molecular weight is 645 g/mol. The van der Waals surface area contributed by atoms with Crippen LogP contribution < -0.4 is 4.90 Å². The Labute approximate surface area is 291 Å². The van der Waals surface area contributed by atoms with Crippen LogP contribution in [0.2, 0.25) is 0 Å². The van der Waals surface area contributed by atoms with Crippen LogP contribution in [0.5, 0.6) is 0 Å². The lowest BCUT2D eigenvalue weighted by Gasteiger charge is -2.35. The summed E-state index contributed by atoms with van der Waals surface area (Å²) in [6.07, 6.45) is 0. The SMILES string of the molecule is Cc1ccc(N(c2ccc(C)cc2)c2ccc(-c3ccc4c(c3)C(C)(C)c3cc5c6ccccc6oc5c5c6ccccc6n-4c35)cc2)cc1. The highest BCUT2D eigenvalue weighted by molar-refractivity contribution is 6.25. The Morgan fingerprint density at radius 1 is 0.540 bits per heavy atom. The minimum Gasteiger partial charge on any atom is -0.455 e.